The number of benzene rings is 1. The maximum atomic E-state index is 5.59. The van der Waals surface area contributed by atoms with Gasteiger partial charge >= 0.3 is 0 Å². The van der Waals surface area contributed by atoms with Crippen molar-refractivity contribution in [1.82, 2.24) is 15.1 Å². The third kappa shape index (κ3) is 1.76. The van der Waals surface area contributed by atoms with Crippen molar-refractivity contribution in [2.45, 2.75) is 18.8 Å². The molecule has 0 bridgehead atoms. The molecule has 0 aliphatic heterocycles. The maximum Gasteiger partial charge on any atom is 0.149 e. The van der Waals surface area contributed by atoms with E-state index in [0.29, 0.717) is 5.92 Å². The fourth-order valence-electron chi connectivity index (χ4n) is 2.36. The van der Waals surface area contributed by atoms with Crippen molar-refractivity contribution >= 4 is 0 Å². The zero-order chi connectivity index (χ0) is 12.7. The van der Waals surface area contributed by atoms with Crippen LogP contribution in [0.3, 0.4) is 0 Å². The van der Waals surface area contributed by atoms with Gasteiger partial charge < -0.3 is 9.51 Å². The van der Waals surface area contributed by atoms with Crippen molar-refractivity contribution < 1.29 is 4.52 Å². The first-order valence-electron chi connectivity index (χ1n) is 6.47. The molecule has 4 heteroatoms. The Bertz CT molecular complexity index is 682. The van der Waals surface area contributed by atoms with Crippen molar-refractivity contribution in [3.8, 4) is 22.5 Å². The molecule has 4 nitrogen and oxygen atoms in total. The molecule has 1 fully saturated rings. The SMILES string of the molecule is c1ccc(-c2noc(C3CC3)c2-c2c[nH]cn2)cc1. The molecule has 1 aliphatic carbocycles. The zero-order valence-corrected chi connectivity index (χ0v) is 10.3. The van der Waals surface area contributed by atoms with Gasteiger partial charge in [-0.1, -0.05) is 35.5 Å². The van der Waals surface area contributed by atoms with E-state index in [2.05, 4.69) is 15.1 Å². The number of aromatic nitrogens is 3. The van der Waals surface area contributed by atoms with Gasteiger partial charge in [-0.15, -0.1) is 0 Å². The van der Waals surface area contributed by atoms with Crippen molar-refractivity contribution in [1.29, 1.82) is 0 Å². The minimum Gasteiger partial charge on any atom is -0.360 e. The van der Waals surface area contributed by atoms with Gasteiger partial charge in [0.05, 0.1) is 17.6 Å². The molecule has 0 spiro atoms. The summed E-state index contributed by atoms with van der Waals surface area (Å²) in [4.78, 5) is 7.36. The number of nitrogens with one attached hydrogen (secondary N) is 1. The van der Waals surface area contributed by atoms with Crippen LogP contribution in [0.1, 0.15) is 24.5 Å². The lowest BCUT2D eigenvalue weighted by atomic mass is 10.0. The van der Waals surface area contributed by atoms with Crippen LogP contribution in [0.5, 0.6) is 0 Å². The Morgan fingerprint density at radius 2 is 2.00 bits per heavy atom. The number of nitrogens with zero attached hydrogens (tertiary/aromatic N) is 2. The molecule has 0 radical (unpaired) electrons. The zero-order valence-electron chi connectivity index (χ0n) is 10.3. The normalized spacial score (nSPS) is 14.7. The van der Waals surface area contributed by atoms with Crippen molar-refractivity contribution in [3.05, 3.63) is 48.6 Å². The predicted molar refractivity (Wildman–Crippen MR) is 71.5 cm³/mol. The number of H-pyrrole nitrogens is 1. The molecule has 94 valence electrons. The minimum atomic E-state index is 0.511. The highest BCUT2D eigenvalue weighted by molar-refractivity contribution is 5.80. The third-order valence-corrected chi connectivity index (χ3v) is 3.47. The molecule has 1 aromatic carbocycles. The van der Waals surface area contributed by atoms with Gasteiger partial charge in [0.25, 0.3) is 0 Å². The summed E-state index contributed by atoms with van der Waals surface area (Å²) in [6, 6.07) is 10.1. The molecule has 1 aliphatic rings. The third-order valence-electron chi connectivity index (χ3n) is 3.47. The summed E-state index contributed by atoms with van der Waals surface area (Å²) in [5.41, 5.74) is 3.89. The van der Waals surface area contributed by atoms with Crippen LogP contribution in [0.15, 0.2) is 47.4 Å². The second kappa shape index (κ2) is 4.09. The summed E-state index contributed by atoms with van der Waals surface area (Å²) < 4.78 is 5.59. The van der Waals surface area contributed by atoms with E-state index in [1.807, 2.05) is 36.5 Å². The van der Waals surface area contributed by atoms with Crippen LogP contribution in [0.2, 0.25) is 0 Å². The molecule has 0 unspecified atom stereocenters. The average molecular weight is 251 g/mol. The van der Waals surface area contributed by atoms with E-state index >= 15 is 0 Å². The van der Waals surface area contributed by atoms with E-state index in [0.717, 1.165) is 28.3 Å². The highest BCUT2D eigenvalue weighted by Crippen LogP contribution is 2.47. The Balaban J connectivity index is 1.92. The Morgan fingerprint density at radius 3 is 2.68 bits per heavy atom. The van der Waals surface area contributed by atoms with Gasteiger partial charge in [0, 0.05) is 17.7 Å². The van der Waals surface area contributed by atoms with Crippen LogP contribution in [-0.2, 0) is 0 Å². The minimum absolute atomic E-state index is 0.511. The monoisotopic (exact) mass is 251 g/mol. The first-order chi connectivity index (χ1) is 9.43. The Labute approximate surface area is 110 Å². The second-order valence-electron chi connectivity index (χ2n) is 4.87. The molecule has 1 saturated carbocycles. The van der Waals surface area contributed by atoms with E-state index in [-0.39, 0.29) is 0 Å². The average Bonchev–Trinajstić information content (AvgIpc) is 3.01. The number of hydrogen-bond acceptors (Lipinski definition) is 3. The highest BCUT2D eigenvalue weighted by atomic mass is 16.5. The standard InChI is InChI=1S/C15H13N3O/c1-2-4-10(5-3-1)14-13(12-8-16-9-17-12)15(19-18-14)11-6-7-11/h1-5,8-9,11H,6-7H2,(H,16,17). The van der Waals surface area contributed by atoms with Gasteiger partial charge in [0.15, 0.2) is 0 Å². The largest absolute Gasteiger partial charge is 0.360 e. The van der Waals surface area contributed by atoms with E-state index < -0.39 is 0 Å². The van der Waals surface area contributed by atoms with Crippen molar-refractivity contribution in [3.63, 3.8) is 0 Å². The molecular weight excluding hydrogens is 238 g/mol. The van der Waals surface area contributed by atoms with Gasteiger partial charge in [-0.05, 0) is 12.8 Å². The first-order valence-corrected chi connectivity index (χ1v) is 6.47. The van der Waals surface area contributed by atoms with Crippen LogP contribution in [0, 0.1) is 0 Å². The van der Waals surface area contributed by atoms with Gasteiger partial charge in [0.1, 0.15) is 11.5 Å². The molecule has 2 heterocycles. The maximum absolute atomic E-state index is 5.59. The lowest BCUT2D eigenvalue weighted by molar-refractivity contribution is 0.387. The molecule has 0 saturated heterocycles. The van der Waals surface area contributed by atoms with Gasteiger partial charge in [-0.25, -0.2) is 4.98 Å². The Hall–Kier alpha value is -2.36. The first kappa shape index (κ1) is 10.6. The Morgan fingerprint density at radius 1 is 1.16 bits per heavy atom. The van der Waals surface area contributed by atoms with Gasteiger partial charge in [0.2, 0.25) is 0 Å². The lowest BCUT2D eigenvalue weighted by Gasteiger charge is -2.00. The van der Waals surface area contributed by atoms with E-state index in [9.17, 15) is 0 Å². The fraction of sp³-hybridized carbons (Fsp3) is 0.200. The summed E-state index contributed by atoms with van der Waals surface area (Å²) in [5.74, 6) is 1.49. The summed E-state index contributed by atoms with van der Waals surface area (Å²) in [7, 11) is 0. The quantitative estimate of drug-likeness (QED) is 0.773. The highest BCUT2D eigenvalue weighted by Gasteiger charge is 2.33. The van der Waals surface area contributed by atoms with Crippen LogP contribution in [0.4, 0.5) is 0 Å². The molecule has 3 aromatic rings. The van der Waals surface area contributed by atoms with Gasteiger partial charge in [-0.2, -0.15) is 0 Å². The number of hydrogen-bond donors (Lipinski definition) is 1. The van der Waals surface area contributed by atoms with Crippen LogP contribution in [-0.4, -0.2) is 15.1 Å². The Kier molecular flexibility index (Phi) is 2.27. The summed E-state index contributed by atoms with van der Waals surface area (Å²) in [6.45, 7) is 0. The van der Waals surface area contributed by atoms with E-state index in [4.69, 9.17) is 4.52 Å². The molecular formula is C15H13N3O. The van der Waals surface area contributed by atoms with Crippen LogP contribution in [0.25, 0.3) is 22.5 Å². The van der Waals surface area contributed by atoms with Crippen LogP contribution >= 0.6 is 0 Å². The van der Waals surface area contributed by atoms with Gasteiger partial charge in [-0.3, -0.25) is 0 Å². The molecule has 0 amide bonds. The van der Waals surface area contributed by atoms with Crippen molar-refractivity contribution in [2.75, 3.05) is 0 Å². The number of imidazole rings is 1. The van der Waals surface area contributed by atoms with Crippen LogP contribution < -0.4 is 0 Å². The predicted octanol–water partition coefficient (Wildman–Crippen LogP) is 3.61. The van der Waals surface area contributed by atoms with E-state index in [1.165, 1.54) is 12.8 Å². The molecule has 0 atom stereocenters. The molecule has 2 aromatic heterocycles. The molecule has 4 rings (SSSR count). The number of rotatable bonds is 3. The second-order valence-corrected chi connectivity index (χ2v) is 4.87. The topological polar surface area (TPSA) is 54.7 Å². The van der Waals surface area contributed by atoms with Crippen molar-refractivity contribution in [2.24, 2.45) is 0 Å². The summed E-state index contributed by atoms with van der Waals surface area (Å²) in [6.07, 6.45) is 5.94. The molecule has 19 heavy (non-hydrogen) atoms. The van der Waals surface area contributed by atoms with E-state index in [1.54, 1.807) is 6.33 Å². The lowest BCUT2D eigenvalue weighted by Crippen LogP contribution is -1.86. The molecule has 1 N–H and O–H groups in total. The number of aromatic amines is 1. The summed E-state index contributed by atoms with van der Waals surface area (Å²) in [5, 5.41) is 4.27. The summed E-state index contributed by atoms with van der Waals surface area (Å²) >= 11 is 0. The smallest absolute Gasteiger partial charge is 0.149 e. The fourth-order valence-corrected chi connectivity index (χ4v) is 2.36.